The van der Waals surface area contributed by atoms with E-state index in [1.165, 1.54) is 0 Å². The molecular weight excluding hydrogens is 230 g/mol. The lowest BCUT2D eigenvalue weighted by Crippen LogP contribution is -2.25. The van der Waals surface area contributed by atoms with Crippen molar-refractivity contribution in [2.45, 2.75) is 26.2 Å². The second-order valence-electron chi connectivity index (χ2n) is 4.45. The van der Waals surface area contributed by atoms with Crippen molar-refractivity contribution in [3.63, 3.8) is 0 Å². The van der Waals surface area contributed by atoms with E-state index >= 15 is 0 Å². The lowest BCUT2D eigenvalue weighted by molar-refractivity contribution is -0.137. The highest BCUT2D eigenvalue weighted by Crippen LogP contribution is 2.09. The highest BCUT2D eigenvalue weighted by Gasteiger charge is 2.07. The van der Waals surface area contributed by atoms with Crippen molar-refractivity contribution in [2.75, 3.05) is 6.54 Å². The van der Waals surface area contributed by atoms with Gasteiger partial charge in [0.15, 0.2) is 0 Å². The Kier molecular flexibility index (Phi) is 5.91. The standard InChI is InChI=1S/C14H19NO3/c1-11(7-8-13(16)17)9-10-15-14(18)12-5-3-2-4-6-12/h2-6,11H,7-10H2,1H3,(H,15,18)(H,16,17). The largest absolute Gasteiger partial charge is 0.481 e. The van der Waals surface area contributed by atoms with Gasteiger partial charge in [-0.3, -0.25) is 9.59 Å². The molecule has 1 amide bonds. The van der Waals surface area contributed by atoms with Crippen LogP contribution in [0.5, 0.6) is 0 Å². The van der Waals surface area contributed by atoms with Gasteiger partial charge in [-0.15, -0.1) is 0 Å². The average Bonchev–Trinajstić information content (AvgIpc) is 2.37. The lowest BCUT2D eigenvalue weighted by Gasteiger charge is -2.10. The molecule has 0 saturated carbocycles. The number of aliphatic carboxylic acids is 1. The zero-order valence-corrected chi connectivity index (χ0v) is 10.6. The summed E-state index contributed by atoms with van der Waals surface area (Å²) in [4.78, 5) is 22.1. The Labute approximate surface area is 107 Å². The highest BCUT2D eigenvalue weighted by molar-refractivity contribution is 5.94. The van der Waals surface area contributed by atoms with Crippen LogP contribution in [0.2, 0.25) is 0 Å². The normalized spacial score (nSPS) is 11.8. The third kappa shape index (κ3) is 5.48. The van der Waals surface area contributed by atoms with Crippen LogP contribution in [-0.2, 0) is 4.79 Å². The molecule has 0 saturated heterocycles. The molecule has 1 unspecified atom stereocenters. The van der Waals surface area contributed by atoms with Crippen molar-refractivity contribution in [3.8, 4) is 0 Å². The zero-order valence-electron chi connectivity index (χ0n) is 10.6. The molecule has 4 nitrogen and oxygen atoms in total. The van der Waals surface area contributed by atoms with E-state index < -0.39 is 5.97 Å². The van der Waals surface area contributed by atoms with Crippen molar-refractivity contribution in [1.29, 1.82) is 0 Å². The molecule has 18 heavy (non-hydrogen) atoms. The van der Waals surface area contributed by atoms with Crippen LogP contribution in [0.1, 0.15) is 36.5 Å². The number of nitrogens with one attached hydrogen (secondary N) is 1. The molecule has 0 bridgehead atoms. The van der Waals surface area contributed by atoms with Crippen LogP contribution in [0.25, 0.3) is 0 Å². The summed E-state index contributed by atoms with van der Waals surface area (Å²) in [5.74, 6) is -0.548. The summed E-state index contributed by atoms with van der Waals surface area (Å²) in [5.41, 5.74) is 0.649. The molecule has 1 aromatic carbocycles. The predicted molar refractivity (Wildman–Crippen MR) is 69.4 cm³/mol. The quantitative estimate of drug-likeness (QED) is 0.779. The number of carboxylic acids is 1. The Morgan fingerprint density at radius 3 is 2.50 bits per heavy atom. The third-order valence-electron chi connectivity index (χ3n) is 2.81. The Morgan fingerprint density at radius 1 is 1.22 bits per heavy atom. The molecule has 0 aliphatic heterocycles. The second-order valence-corrected chi connectivity index (χ2v) is 4.45. The van der Waals surface area contributed by atoms with Gasteiger partial charge in [-0.25, -0.2) is 0 Å². The van der Waals surface area contributed by atoms with Crippen molar-refractivity contribution < 1.29 is 14.7 Å². The van der Waals surface area contributed by atoms with Crippen LogP contribution in [0.3, 0.4) is 0 Å². The summed E-state index contributed by atoms with van der Waals surface area (Å²) in [6.07, 6.45) is 1.64. The van der Waals surface area contributed by atoms with E-state index in [2.05, 4.69) is 5.32 Å². The Balaban J connectivity index is 2.21. The second kappa shape index (κ2) is 7.48. The maximum absolute atomic E-state index is 11.7. The molecule has 0 aliphatic carbocycles. The highest BCUT2D eigenvalue weighted by atomic mass is 16.4. The van der Waals surface area contributed by atoms with E-state index in [1.807, 2.05) is 25.1 Å². The van der Waals surface area contributed by atoms with Crippen LogP contribution >= 0.6 is 0 Å². The summed E-state index contributed by atoms with van der Waals surface area (Å²) < 4.78 is 0. The molecule has 0 spiro atoms. The topological polar surface area (TPSA) is 66.4 Å². The van der Waals surface area contributed by atoms with Gasteiger partial charge in [0.05, 0.1) is 0 Å². The molecule has 0 heterocycles. The van der Waals surface area contributed by atoms with E-state index in [0.717, 1.165) is 6.42 Å². The molecule has 2 N–H and O–H groups in total. The minimum atomic E-state index is -0.768. The molecule has 4 heteroatoms. The minimum Gasteiger partial charge on any atom is -0.481 e. The molecule has 1 atom stereocenters. The first-order valence-electron chi connectivity index (χ1n) is 6.14. The SMILES string of the molecule is CC(CCNC(=O)c1ccccc1)CCC(=O)O. The average molecular weight is 249 g/mol. The monoisotopic (exact) mass is 249 g/mol. The summed E-state index contributed by atoms with van der Waals surface area (Å²) >= 11 is 0. The van der Waals surface area contributed by atoms with Gasteiger partial charge >= 0.3 is 5.97 Å². The summed E-state index contributed by atoms with van der Waals surface area (Å²) in [6, 6.07) is 9.05. The molecular formula is C14H19NO3. The van der Waals surface area contributed by atoms with Crippen molar-refractivity contribution in [3.05, 3.63) is 35.9 Å². The fraction of sp³-hybridized carbons (Fsp3) is 0.429. The number of carbonyl (C=O) groups is 2. The van der Waals surface area contributed by atoms with Crippen molar-refractivity contribution in [2.24, 2.45) is 5.92 Å². The first kappa shape index (κ1) is 14.2. The van der Waals surface area contributed by atoms with Crippen molar-refractivity contribution >= 4 is 11.9 Å². The van der Waals surface area contributed by atoms with Gasteiger partial charge in [-0.05, 0) is 30.9 Å². The number of hydrogen-bond donors (Lipinski definition) is 2. The predicted octanol–water partition coefficient (Wildman–Crippen LogP) is 2.31. The number of hydrogen-bond acceptors (Lipinski definition) is 2. The van der Waals surface area contributed by atoms with Gasteiger partial charge in [0.25, 0.3) is 5.91 Å². The fourth-order valence-electron chi connectivity index (χ4n) is 1.64. The van der Waals surface area contributed by atoms with Crippen molar-refractivity contribution in [1.82, 2.24) is 5.32 Å². The number of benzene rings is 1. The van der Waals surface area contributed by atoms with E-state index in [0.29, 0.717) is 24.4 Å². The Bertz CT molecular complexity index is 389. The summed E-state index contributed by atoms with van der Waals surface area (Å²) in [7, 11) is 0. The summed E-state index contributed by atoms with van der Waals surface area (Å²) in [5, 5.41) is 11.4. The summed E-state index contributed by atoms with van der Waals surface area (Å²) in [6.45, 7) is 2.58. The molecule has 0 fully saturated rings. The number of rotatable bonds is 7. The van der Waals surface area contributed by atoms with E-state index in [9.17, 15) is 9.59 Å². The fourth-order valence-corrected chi connectivity index (χ4v) is 1.64. The van der Waals surface area contributed by atoms with Gasteiger partial charge < -0.3 is 10.4 Å². The molecule has 98 valence electrons. The van der Waals surface area contributed by atoms with Gasteiger partial charge in [-0.2, -0.15) is 0 Å². The molecule has 0 aromatic heterocycles. The van der Waals surface area contributed by atoms with Crippen LogP contribution in [0.4, 0.5) is 0 Å². The minimum absolute atomic E-state index is 0.0824. The molecule has 1 rings (SSSR count). The van der Waals surface area contributed by atoms with E-state index in [4.69, 9.17) is 5.11 Å². The van der Waals surface area contributed by atoms with E-state index in [-0.39, 0.29) is 12.3 Å². The lowest BCUT2D eigenvalue weighted by atomic mass is 10.0. The maximum Gasteiger partial charge on any atom is 0.303 e. The third-order valence-corrected chi connectivity index (χ3v) is 2.81. The zero-order chi connectivity index (χ0) is 13.4. The van der Waals surface area contributed by atoms with E-state index in [1.54, 1.807) is 12.1 Å². The first-order chi connectivity index (χ1) is 8.59. The Morgan fingerprint density at radius 2 is 1.89 bits per heavy atom. The Hall–Kier alpha value is -1.84. The van der Waals surface area contributed by atoms with Gasteiger partial charge in [-0.1, -0.05) is 25.1 Å². The van der Waals surface area contributed by atoms with Gasteiger partial charge in [0, 0.05) is 18.5 Å². The van der Waals surface area contributed by atoms with Crippen LogP contribution in [0, 0.1) is 5.92 Å². The number of carbonyl (C=O) groups excluding carboxylic acids is 1. The number of amides is 1. The molecule has 0 radical (unpaired) electrons. The van der Waals surface area contributed by atoms with Crippen LogP contribution in [0.15, 0.2) is 30.3 Å². The first-order valence-corrected chi connectivity index (χ1v) is 6.14. The van der Waals surface area contributed by atoms with Gasteiger partial charge in [0.2, 0.25) is 0 Å². The molecule has 0 aliphatic rings. The van der Waals surface area contributed by atoms with Crippen LogP contribution < -0.4 is 5.32 Å². The number of carboxylic acid groups (broad SMARTS) is 1. The molecule has 1 aromatic rings. The maximum atomic E-state index is 11.7. The van der Waals surface area contributed by atoms with Gasteiger partial charge in [0.1, 0.15) is 0 Å². The smallest absolute Gasteiger partial charge is 0.303 e. The van der Waals surface area contributed by atoms with Crippen LogP contribution in [-0.4, -0.2) is 23.5 Å².